The third-order valence-electron chi connectivity index (χ3n) is 4.55. The summed E-state index contributed by atoms with van der Waals surface area (Å²) in [5.41, 5.74) is 0.473. The van der Waals surface area contributed by atoms with Crippen molar-refractivity contribution < 1.29 is 28.3 Å². The number of carbonyl (C=O) groups excluding carboxylic acids is 1. The lowest BCUT2D eigenvalue weighted by Gasteiger charge is -2.17. The molecule has 0 fully saturated rings. The number of rotatable bonds is 10. The van der Waals surface area contributed by atoms with E-state index in [1.165, 1.54) is 0 Å². The second-order valence-electron chi connectivity index (χ2n) is 6.65. The molecule has 1 amide bonds. The van der Waals surface area contributed by atoms with Gasteiger partial charge in [-0.25, -0.2) is 0 Å². The fourth-order valence-electron chi connectivity index (χ4n) is 2.79. The normalized spacial score (nSPS) is 10.5. The summed E-state index contributed by atoms with van der Waals surface area (Å²) in [6.07, 6.45) is 0.440. The molecule has 0 aliphatic heterocycles. The lowest BCUT2D eigenvalue weighted by Crippen LogP contribution is -2.29. The number of likely N-dealkylation sites (N-methyl/N-ethyl adjacent to an activating group) is 1. The first kappa shape index (κ1) is 21.9. The van der Waals surface area contributed by atoms with E-state index in [9.17, 15) is 4.79 Å². The van der Waals surface area contributed by atoms with Gasteiger partial charge >= 0.3 is 0 Å². The predicted octanol–water partition coefficient (Wildman–Crippen LogP) is 2.99. The van der Waals surface area contributed by atoms with Gasteiger partial charge in [0, 0.05) is 31.6 Å². The number of aromatic nitrogens is 2. The zero-order valence-electron chi connectivity index (χ0n) is 18.0. The summed E-state index contributed by atoms with van der Waals surface area (Å²) in [6, 6.07) is 12.3. The highest BCUT2D eigenvalue weighted by Crippen LogP contribution is 2.23. The number of benzene rings is 2. The van der Waals surface area contributed by atoms with Crippen LogP contribution in [0.3, 0.4) is 0 Å². The van der Waals surface area contributed by atoms with Crippen LogP contribution in [0.2, 0.25) is 0 Å². The highest BCUT2D eigenvalue weighted by Gasteiger charge is 2.16. The third-order valence-corrected chi connectivity index (χ3v) is 4.55. The molecule has 0 aliphatic rings. The molecule has 9 nitrogen and oxygen atoms in total. The average molecular weight is 427 g/mol. The zero-order valence-corrected chi connectivity index (χ0v) is 18.0. The van der Waals surface area contributed by atoms with Gasteiger partial charge in [-0.1, -0.05) is 5.16 Å². The summed E-state index contributed by atoms with van der Waals surface area (Å²) in [5, 5.41) is 3.95. The Labute approximate surface area is 180 Å². The smallest absolute Gasteiger partial charge is 0.264 e. The molecule has 164 valence electrons. The molecule has 0 radical (unpaired) electrons. The first-order chi connectivity index (χ1) is 15.0. The van der Waals surface area contributed by atoms with Gasteiger partial charge in [0.05, 0.1) is 21.3 Å². The highest BCUT2D eigenvalue weighted by atomic mass is 16.5. The Hall–Kier alpha value is -3.75. The zero-order chi connectivity index (χ0) is 22.2. The van der Waals surface area contributed by atoms with Gasteiger partial charge in [-0.05, 0) is 36.4 Å². The maximum Gasteiger partial charge on any atom is 0.264 e. The molecule has 2 aromatic carbocycles. The number of amides is 1. The second-order valence-corrected chi connectivity index (χ2v) is 6.65. The quantitative estimate of drug-likeness (QED) is 0.487. The van der Waals surface area contributed by atoms with Gasteiger partial charge in [-0.2, -0.15) is 4.98 Å². The van der Waals surface area contributed by atoms with Crippen molar-refractivity contribution in [2.24, 2.45) is 0 Å². The van der Waals surface area contributed by atoms with E-state index in [4.69, 9.17) is 23.5 Å². The van der Waals surface area contributed by atoms with E-state index >= 15 is 0 Å². The SMILES string of the molecule is COc1ccc(OCc2nc(CCN(C)C(=O)c3cc(OC)cc(OC)c3)no2)cc1. The number of ether oxygens (including phenoxy) is 4. The van der Waals surface area contributed by atoms with Crippen molar-refractivity contribution in [3.63, 3.8) is 0 Å². The molecule has 0 aliphatic carbocycles. The molecule has 31 heavy (non-hydrogen) atoms. The highest BCUT2D eigenvalue weighted by molar-refractivity contribution is 5.95. The van der Waals surface area contributed by atoms with Crippen LogP contribution in [-0.2, 0) is 13.0 Å². The van der Waals surface area contributed by atoms with Crippen LogP contribution in [-0.4, -0.2) is 55.9 Å². The Bertz CT molecular complexity index is 980. The van der Waals surface area contributed by atoms with Crippen molar-refractivity contribution in [2.45, 2.75) is 13.0 Å². The Morgan fingerprint density at radius 3 is 2.16 bits per heavy atom. The molecule has 1 aromatic heterocycles. The Morgan fingerprint density at radius 1 is 0.935 bits per heavy atom. The molecule has 9 heteroatoms. The summed E-state index contributed by atoms with van der Waals surface area (Å²) in [5.74, 6) is 3.21. The molecule has 3 aromatic rings. The van der Waals surface area contributed by atoms with Gasteiger partial charge in [-0.15, -0.1) is 0 Å². The molecule has 0 atom stereocenters. The van der Waals surface area contributed by atoms with Crippen LogP contribution in [0.4, 0.5) is 0 Å². The van der Waals surface area contributed by atoms with E-state index in [0.717, 1.165) is 5.75 Å². The second kappa shape index (κ2) is 10.3. The maximum atomic E-state index is 12.7. The summed E-state index contributed by atoms with van der Waals surface area (Å²) in [4.78, 5) is 18.6. The van der Waals surface area contributed by atoms with Gasteiger partial charge < -0.3 is 28.4 Å². The summed E-state index contributed by atoms with van der Waals surface area (Å²) in [6.45, 7) is 0.564. The van der Waals surface area contributed by atoms with Crippen molar-refractivity contribution in [1.82, 2.24) is 15.0 Å². The molecule has 0 N–H and O–H groups in total. The number of carbonyl (C=O) groups is 1. The lowest BCUT2D eigenvalue weighted by molar-refractivity contribution is 0.0795. The first-order valence-electron chi connectivity index (χ1n) is 9.59. The van der Waals surface area contributed by atoms with E-state index in [2.05, 4.69) is 10.1 Å². The fourth-order valence-corrected chi connectivity index (χ4v) is 2.79. The third kappa shape index (κ3) is 5.88. The van der Waals surface area contributed by atoms with E-state index < -0.39 is 0 Å². The molecule has 0 saturated carbocycles. The van der Waals surface area contributed by atoms with Gasteiger partial charge in [0.2, 0.25) is 0 Å². The number of hydrogen-bond donors (Lipinski definition) is 0. The Kier molecular flexibility index (Phi) is 7.31. The van der Waals surface area contributed by atoms with Gasteiger partial charge in [0.1, 0.15) is 23.0 Å². The van der Waals surface area contributed by atoms with E-state index in [0.29, 0.717) is 47.5 Å². The fraction of sp³-hybridized carbons (Fsp3) is 0.318. The number of methoxy groups -OCH3 is 3. The van der Waals surface area contributed by atoms with Crippen LogP contribution < -0.4 is 18.9 Å². The van der Waals surface area contributed by atoms with Crippen LogP contribution in [0.25, 0.3) is 0 Å². The van der Waals surface area contributed by atoms with Crippen LogP contribution in [0.5, 0.6) is 23.0 Å². The monoisotopic (exact) mass is 427 g/mol. The minimum atomic E-state index is -0.163. The lowest BCUT2D eigenvalue weighted by atomic mass is 10.1. The van der Waals surface area contributed by atoms with Crippen molar-refractivity contribution in [3.05, 3.63) is 59.7 Å². The van der Waals surface area contributed by atoms with Crippen LogP contribution in [0.15, 0.2) is 47.0 Å². The van der Waals surface area contributed by atoms with Crippen molar-refractivity contribution in [2.75, 3.05) is 34.9 Å². The standard InChI is InChI=1S/C22H25N3O6/c1-25(22(26)15-11-18(28-3)13-19(12-15)29-4)10-9-20-23-21(31-24-20)14-30-17-7-5-16(27-2)6-8-17/h5-8,11-13H,9-10,14H2,1-4H3. The molecule has 0 bridgehead atoms. The van der Waals surface area contributed by atoms with Crippen molar-refractivity contribution >= 4 is 5.91 Å². The van der Waals surface area contributed by atoms with E-state index in [-0.39, 0.29) is 12.5 Å². The molecule has 1 heterocycles. The predicted molar refractivity (Wildman–Crippen MR) is 112 cm³/mol. The summed E-state index contributed by atoms with van der Waals surface area (Å²) < 4.78 is 26.4. The topological polar surface area (TPSA) is 96.2 Å². The van der Waals surface area contributed by atoms with Crippen LogP contribution in [0.1, 0.15) is 22.1 Å². The van der Waals surface area contributed by atoms with Gasteiger partial charge in [0.15, 0.2) is 12.4 Å². The van der Waals surface area contributed by atoms with Crippen LogP contribution in [0, 0.1) is 0 Å². The average Bonchev–Trinajstić information content (AvgIpc) is 3.28. The molecule has 0 saturated heterocycles. The van der Waals surface area contributed by atoms with Gasteiger partial charge in [-0.3, -0.25) is 4.79 Å². The minimum absolute atomic E-state index is 0.150. The van der Waals surface area contributed by atoms with Crippen molar-refractivity contribution in [1.29, 1.82) is 0 Å². The molecular weight excluding hydrogens is 402 g/mol. The van der Waals surface area contributed by atoms with E-state index in [1.807, 2.05) is 0 Å². The van der Waals surface area contributed by atoms with Gasteiger partial charge in [0.25, 0.3) is 11.8 Å². The Morgan fingerprint density at radius 2 is 1.55 bits per heavy atom. The first-order valence-corrected chi connectivity index (χ1v) is 9.59. The molecule has 3 rings (SSSR count). The van der Waals surface area contributed by atoms with Crippen LogP contribution >= 0.6 is 0 Å². The molecular formula is C22H25N3O6. The minimum Gasteiger partial charge on any atom is -0.497 e. The summed E-state index contributed by atoms with van der Waals surface area (Å²) in [7, 11) is 6.40. The summed E-state index contributed by atoms with van der Waals surface area (Å²) >= 11 is 0. The van der Waals surface area contributed by atoms with E-state index in [1.54, 1.807) is 75.7 Å². The van der Waals surface area contributed by atoms with Crippen molar-refractivity contribution in [3.8, 4) is 23.0 Å². The Balaban J connectivity index is 1.53. The molecule has 0 spiro atoms. The molecule has 0 unspecified atom stereocenters. The largest absolute Gasteiger partial charge is 0.497 e. The number of hydrogen-bond acceptors (Lipinski definition) is 8. The number of nitrogens with zero attached hydrogens (tertiary/aromatic N) is 3. The maximum absolute atomic E-state index is 12.7.